The van der Waals surface area contributed by atoms with Crippen LogP contribution in [0.3, 0.4) is 0 Å². The standard InChI is InChI=1S/C14H18N4O2S/c1-8-5-11(15)21-12(8)14-16-13(17-20-14)10-6-18-4-2-3-9(18)7-19-10/h5,9-10H,2-4,6-7,15H2,1H3. The first-order valence-corrected chi connectivity index (χ1v) is 8.08. The Bertz CT molecular complexity index is 653. The Kier molecular flexibility index (Phi) is 3.20. The van der Waals surface area contributed by atoms with Crippen molar-refractivity contribution < 1.29 is 9.26 Å². The molecule has 4 rings (SSSR count). The Balaban J connectivity index is 1.56. The van der Waals surface area contributed by atoms with Crippen LogP contribution in [0.25, 0.3) is 10.8 Å². The van der Waals surface area contributed by atoms with Crippen LogP contribution in [0.4, 0.5) is 5.00 Å². The van der Waals surface area contributed by atoms with Gasteiger partial charge >= 0.3 is 0 Å². The van der Waals surface area contributed by atoms with E-state index in [4.69, 9.17) is 15.0 Å². The fourth-order valence-electron chi connectivity index (χ4n) is 3.15. The number of aryl methyl sites for hydroxylation is 1. The molecule has 2 aromatic rings. The second-order valence-electron chi connectivity index (χ2n) is 5.73. The number of morpholine rings is 1. The van der Waals surface area contributed by atoms with Gasteiger partial charge in [-0.1, -0.05) is 5.16 Å². The number of anilines is 1. The summed E-state index contributed by atoms with van der Waals surface area (Å²) in [5.41, 5.74) is 6.89. The molecule has 0 amide bonds. The molecule has 0 bridgehead atoms. The van der Waals surface area contributed by atoms with E-state index in [0.29, 0.717) is 17.8 Å². The van der Waals surface area contributed by atoms with Gasteiger partial charge in [-0.2, -0.15) is 4.98 Å². The molecule has 2 atom stereocenters. The first kappa shape index (κ1) is 13.2. The maximum atomic E-state index is 5.91. The van der Waals surface area contributed by atoms with Crippen LogP contribution in [0.1, 0.15) is 30.3 Å². The highest BCUT2D eigenvalue weighted by molar-refractivity contribution is 7.19. The van der Waals surface area contributed by atoms with Gasteiger partial charge in [0.15, 0.2) is 0 Å². The molecule has 2 aliphatic rings. The summed E-state index contributed by atoms with van der Waals surface area (Å²) in [5.74, 6) is 1.18. The maximum absolute atomic E-state index is 5.91. The summed E-state index contributed by atoms with van der Waals surface area (Å²) < 4.78 is 11.3. The highest BCUT2D eigenvalue weighted by Gasteiger charge is 2.35. The molecule has 2 unspecified atom stereocenters. The molecular weight excluding hydrogens is 288 g/mol. The largest absolute Gasteiger partial charge is 0.391 e. The monoisotopic (exact) mass is 306 g/mol. The van der Waals surface area contributed by atoms with E-state index in [-0.39, 0.29) is 6.10 Å². The summed E-state index contributed by atoms with van der Waals surface area (Å²) in [5, 5.41) is 4.87. The number of aromatic nitrogens is 2. The lowest BCUT2D eigenvalue weighted by atomic mass is 10.2. The Morgan fingerprint density at radius 1 is 1.48 bits per heavy atom. The van der Waals surface area contributed by atoms with Crippen molar-refractivity contribution >= 4 is 16.3 Å². The summed E-state index contributed by atoms with van der Waals surface area (Å²) in [4.78, 5) is 7.93. The average Bonchev–Trinajstić information content (AvgIpc) is 3.17. The average molecular weight is 306 g/mol. The lowest BCUT2D eigenvalue weighted by Crippen LogP contribution is -2.42. The van der Waals surface area contributed by atoms with Crippen LogP contribution in [-0.4, -0.2) is 40.8 Å². The van der Waals surface area contributed by atoms with Gasteiger partial charge in [0.05, 0.1) is 16.5 Å². The number of thiophene rings is 1. The highest BCUT2D eigenvalue weighted by Crippen LogP contribution is 2.34. The molecule has 0 spiro atoms. The van der Waals surface area contributed by atoms with E-state index in [2.05, 4.69) is 15.0 Å². The summed E-state index contributed by atoms with van der Waals surface area (Å²) in [6, 6.07) is 2.50. The molecule has 2 aliphatic heterocycles. The van der Waals surface area contributed by atoms with Crippen LogP contribution >= 0.6 is 11.3 Å². The zero-order valence-electron chi connectivity index (χ0n) is 11.9. The van der Waals surface area contributed by atoms with Gasteiger partial charge in [-0.25, -0.2) is 0 Å². The zero-order valence-corrected chi connectivity index (χ0v) is 12.7. The van der Waals surface area contributed by atoms with E-state index in [9.17, 15) is 0 Å². The number of nitrogens with zero attached hydrogens (tertiary/aromatic N) is 3. The molecule has 6 nitrogen and oxygen atoms in total. The van der Waals surface area contributed by atoms with Crippen LogP contribution in [0.5, 0.6) is 0 Å². The normalized spacial score (nSPS) is 26.1. The molecule has 2 fully saturated rings. The second-order valence-corrected chi connectivity index (χ2v) is 6.82. The first-order chi connectivity index (χ1) is 10.2. The van der Waals surface area contributed by atoms with Gasteiger partial charge in [0.2, 0.25) is 5.82 Å². The van der Waals surface area contributed by atoms with E-state index in [1.165, 1.54) is 24.2 Å². The number of hydrogen-bond donors (Lipinski definition) is 1. The van der Waals surface area contributed by atoms with Gasteiger partial charge < -0.3 is 15.0 Å². The van der Waals surface area contributed by atoms with Gasteiger partial charge in [-0.3, -0.25) is 4.90 Å². The summed E-state index contributed by atoms with van der Waals surface area (Å²) in [6.45, 7) is 4.77. The van der Waals surface area contributed by atoms with E-state index < -0.39 is 0 Å². The Morgan fingerprint density at radius 2 is 2.38 bits per heavy atom. The van der Waals surface area contributed by atoms with Crippen molar-refractivity contribution in [2.75, 3.05) is 25.4 Å². The van der Waals surface area contributed by atoms with Gasteiger partial charge in [0.1, 0.15) is 6.10 Å². The van der Waals surface area contributed by atoms with Crippen molar-refractivity contribution in [3.63, 3.8) is 0 Å². The van der Waals surface area contributed by atoms with Gasteiger partial charge in [-0.15, -0.1) is 11.3 Å². The third kappa shape index (κ3) is 2.35. The number of rotatable bonds is 2. The summed E-state index contributed by atoms with van der Waals surface area (Å²) >= 11 is 1.47. The zero-order chi connectivity index (χ0) is 14.4. The number of nitrogen functional groups attached to an aromatic ring is 1. The molecule has 112 valence electrons. The molecule has 0 aliphatic carbocycles. The first-order valence-electron chi connectivity index (χ1n) is 7.26. The number of fused-ring (bicyclic) bond motifs is 1. The SMILES string of the molecule is Cc1cc(N)sc1-c1nc(C2CN3CCCC3CO2)no1. The minimum Gasteiger partial charge on any atom is -0.391 e. The number of ether oxygens (including phenoxy) is 1. The van der Waals surface area contributed by atoms with E-state index in [1.807, 2.05) is 13.0 Å². The van der Waals surface area contributed by atoms with Gasteiger partial charge in [0, 0.05) is 12.6 Å². The van der Waals surface area contributed by atoms with Crippen molar-refractivity contribution in [2.24, 2.45) is 0 Å². The molecule has 7 heteroatoms. The van der Waals surface area contributed by atoms with Gasteiger partial charge in [0.25, 0.3) is 5.89 Å². The van der Waals surface area contributed by atoms with Crippen molar-refractivity contribution in [1.29, 1.82) is 0 Å². The van der Waals surface area contributed by atoms with Crippen molar-refractivity contribution in [3.05, 3.63) is 17.5 Å². The second kappa shape index (κ2) is 5.08. The molecule has 0 radical (unpaired) electrons. The Labute approximate surface area is 126 Å². The Hall–Kier alpha value is -1.44. The minimum absolute atomic E-state index is 0.0885. The predicted molar refractivity (Wildman–Crippen MR) is 80.0 cm³/mol. The minimum atomic E-state index is -0.0885. The van der Waals surface area contributed by atoms with Gasteiger partial charge in [-0.05, 0) is 37.9 Å². The molecule has 0 saturated carbocycles. The van der Waals surface area contributed by atoms with Crippen molar-refractivity contribution in [3.8, 4) is 10.8 Å². The van der Waals surface area contributed by atoms with Crippen LogP contribution in [0, 0.1) is 6.92 Å². The Morgan fingerprint density at radius 3 is 3.19 bits per heavy atom. The van der Waals surface area contributed by atoms with Crippen molar-refractivity contribution in [1.82, 2.24) is 15.0 Å². The summed E-state index contributed by atoms with van der Waals surface area (Å²) in [6.07, 6.45) is 2.40. The third-order valence-corrected chi connectivity index (χ3v) is 5.30. The third-order valence-electron chi connectivity index (χ3n) is 4.25. The van der Waals surface area contributed by atoms with E-state index in [0.717, 1.165) is 35.1 Å². The van der Waals surface area contributed by atoms with E-state index >= 15 is 0 Å². The maximum Gasteiger partial charge on any atom is 0.268 e. The molecule has 21 heavy (non-hydrogen) atoms. The summed E-state index contributed by atoms with van der Waals surface area (Å²) in [7, 11) is 0. The molecule has 0 aromatic carbocycles. The quantitative estimate of drug-likeness (QED) is 0.916. The topological polar surface area (TPSA) is 77.4 Å². The predicted octanol–water partition coefficient (Wildman–Crippen LogP) is 2.22. The molecule has 4 heterocycles. The molecular formula is C14H18N4O2S. The lowest BCUT2D eigenvalue weighted by molar-refractivity contribution is -0.0548. The van der Waals surface area contributed by atoms with Crippen LogP contribution in [0.2, 0.25) is 0 Å². The highest BCUT2D eigenvalue weighted by atomic mass is 32.1. The fourth-order valence-corrected chi connectivity index (χ4v) is 4.01. The number of hydrogen-bond acceptors (Lipinski definition) is 7. The van der Waals surface area contributed by atoms with E-state index in [1.54, 1.807) is 0 Å². The molecule has 2 N–H and O–H groups in total. The number of nitrogens with two attached hydrogens (primary N) is 1. The van der Waals surface area contributed by atoms with Crippen molar-refractivity contribution in [2.45, 2.75) is 31.9 Å². The van der Waals surface area contributed by atoms with Crippen LogP contribution in [-0.2, 0) is 4.74 Å². The lowest BCUT2D eigenvalue weighted by Gasteiger charge is -2.33. The van der Waals surface area contributed by atoms with Crippen LogP contribution in [0.15, 0.2) is 10.6 Å². The molecule has 2 saturated heterocycles. The smallest absolute Gasteiger partial charge is 0.268 e. The van der Waals surface area contributed by atoms with Crippen LogP contribution < -0.4 is 5.73 Å². The molecule has 2 aromatic heterocycles. The fraction of sp³-hybridized carbons (Fsp3) is 0.571.